The van der Waals surface area contributed by atoms with Gasteiger partial charge in [-0.15, -0.1) is 0 Å². The lowest BCUT2D eigenvalue weighted by molar-refractivity contribution is -0.140. The second-order valence-electron chi connectivity index (χ2n) is 6.22. The van der Waals surface area contributed by atoms with Gasteiger partial charge in [0, 0.05) is 33.6 Å². The Labute approximate surface area is 131 Å². The molecule has 5 nitrogen and oxygen atoms in total. The van der Waals surface area contributed by atoms with Crippen molar-refractivity contribution in [3.63, 3.8) is 0 Å². The van der Waals surface area contributed by atoms with Gasteiger partial charge in [-0.2, -0.15) is 5.26 Å². The molecular weight excluding hydrogens is 278 g/mol. The number of rotatable bonds is 3. The second kappa shape index (κ2) is 6.18. The van der Waals surface area contributed by atoms with Crippen molar-refractivity contribution in [2.24, 2.45) is 5.41 Å². The van der Waals surface area contributed by atoms with Gasteiger partial charge in [-0.1, -0.05) is 12.1 Å². The Balaban J connectivity index is 2.06. The summed E-state index contributed by atoms with van der Waals surface area (Å²) < 4.78 is 0. The highest BCUT2D eigenvalue weighted by molar-refractivity contribution is 5.84. The molecule has 2 amide bonds. The maximum absolute atomic E-state index is 12.7. The summed E-state index contributed by atoms with van der Waals surface area (Å²) in [7, 11) is 1.77. The van der Waals surface area contributed by atoms with Crippen LogP contribution >= 0.6 is 0 Å². The Bertz CT molecular complexity index is 635. The largest absolute Gasteiger partial charge is 0.342 e. The van der Waals surface area contributed by atoms with Crippen LogP contribution in [0.2, 0.25) is 0 Å². The van der Waals surface area contributed by atoms with E-state index in [1.807, 2.05) is 19.1 Å². The van der Waals surface area contributed by atoms with Gasteiger partial charge in [-0.3, -0.25) is 9.59 Å². The lowest BCUT2D eigenvalue weighted by atomic mass is 9.88. The van der Waals surface area contributed by atoms with Gasteiger partial charge in [0.05, 0.1) is 17.0 Å². The molecule has 0 radical (unpaired) electrons. The van der Waals surface area contributed by atoms with Gasteiger partial charge in [0.1, 0.15) is 0 Å². The molecule has 1 heterocycles. The van der Waals surface area contributed by atoms with Crippen LogP contribution in [0, 0.1) is 16.7 Å². The first-order chi connectivity index (χ1) is 10.4. The zero-order valence-corrected chi connectivity index (χ0v) is 13.3. The predicted molar refractivity (Wildman–Crippen MR) is 82.6 cm³/mol. The third-order valence-corrected chi connectivity index (χ3v) is 4.26. The van der Waals surface area contributed by atoms with Gasteiger partial charge in [0.15, 0.2) is 0 Å². The Morgan fingerprint density at radius 1 is 1.45 bits per heavy atom. The number of hydrogen-bond acceptors (Lipinski definition) is 3. The maximum atomic E-state index is 12.7. The van der Waals surface area contributed by atoms with Crippen LogP contribution in [-0.4, -0.2) is 41.8 Å². The van der Waals surface area contributed by atoms with Gasteiger partial charge in [0.2, 0.25) is 11.8 Å². The molecule has 1 aliphatic rings. The fourth-order valence-electron chi connectivity index (χ4n) is 2.95. The number of likely N-dealkylation sites (tertiary alicyclic amines) is 1. The summed E-state index contributed by atoms with van der Waals surface area (Å²) in [6.45, 7) is 5.02. The molecule has 0 aromatic heterocycles. The van der Waals surface area contributed by atoms with Crippen molar-refractivity contribution in [1.29, 1.82) is 5.26 Å². The van der Waals surface area contributed by atoms with Gasteiger partial charge < -0.3 is 9.80 Å². The molecule has 1 unspecified atom stereocenters. The van der Waals surface area contributed by atoms with Crippen molar-refractivity contribution in [2.45, 2.75) is 26.8 Å². The van der Waals surface area contributed by atoms with Crippen molar-refractivity contribution < 1.29 is 9.59 Å². The smallest absolute Gasteiger partial charge is 0.230 e. The van der Waals surface area contributed by atoms with Gasteiger partial charge in [-0.25, -0.2) is 0 Å². The van der Waals surface area contributed by atoms with Crippen LogP contribution in [0.15, 0.2) is 24.3 Å². The topological polar surface area (TPSA) is 64.4 Å². The number of hydrogen-bond donors (Lipinski definition) is 0. The van der Waals surface area contributed by atoms with Crippen LogP contribution in [0.5, 0.6) is 0 Å². The minimum Gasteiger partial charge on any atom is -0.342 e. The quantitative estimate of drug-likeness (QED) is 0.854. The van der Waals surface area contributed by atoms with E-state index in [9.17, 15) is 9.59 Å². The highest BCUT2D eigenvalue weighted by Gasteiger charge is 2.42. The molecule has 2 rings (SSSR count). The molecule has 1 saturated heterocycles. The van der Waals surface area contributed by atoms with Crippen LogP contribution in [0.3, 0.4) is 0 Å². The van der Waals surface area contributed by atoms with E-state index in [1.54, 1.807) is 29.0 Å². The molecular formula is C17H21N3O2. The Morgan fingerprint density at radius 2 is 2.18 bits per heavy atom. The first kappa shape index (κ1) is 16.0. The van der Waals surface area contributed by atoms with E-state index in [0.717, 1.165) is 5.56 Å². The van der Waals surface area contributed by atoms with Gasteiger partial charge in [-0.05, 0) is 31.0 Å². The molecule has 0 aliphatic carbocycles. The van der Waals surface area contributed by atoms with Gasteiger partial charge in [0.25, 0.3) is 0 Å². The van der Waals surface area contributed by atoms with E-state index >= 15 is 0 Å². The molecule has 22 heavy (non-hydrogen) atoms. The first-order valence-electron chi connectivity index (χ1n) is 7.36. The maximum Gasteiger partial charge on any atom is 0.230 e. The summed E-state index contributed by atoms with van der Waals surface area (Å²) in [6.07, 6.45) is 0.688. The summed E-state index contributed by atoms with van der Waals surface area (Å²) in [5, 5.41) is 8.93. The summed E-state index contributed by atoms with van der Waals surface area (Å²) in [5.41, 5.74) is 1.00. The third-order valence-electron chi connectivity index (χ3n) is 4.26. The molecule has 5 heteroatoms. The average Bonchev–Trinajstić information content (AvgIpc) is 2.90. The van der Waals surface area contributed by atoms with Crippen LogP contribution < -0.4 is 0 Å². The Hall–Kier alpha value is -2.35. The van der Waals surface area contributed by atoms with E-state index in [1.165, 1.54) is 6.92 Å². The van der Waals surface area contributed by atoms with Crippen LogP contribution in [0.25, 0.3) is 0 Å². The summed E-state index contributed by atoms with van der Waals surface area (Å²) in [5.74, 6) is 0.0551. The van der Waals surface area contributed by atoms with Crippen molar-refractivity contribution in [1.82, 2.24) is 9.80 Å². The minimum absolute atomic E-state index is 0.0147. The zero-order valence-electron chi connectivity index (χ0n) is 13.3. The SMILES string of the molecule is CC(=O)N1CCC(C)(C(=O)N(C)Cc2cccc(C#N)c2)C1. The molecule has 0 spiro atoms. The van der Waals surface area contributed by atoms with Crippen LogP contribution in [0.1, 0.15) is 31.4 Å². The van der Waals surface area contributed by atoms with Crippen LogP contribution in [0.4, 0.5) is 0 Å². The summed E-state index contributed by atoms with van der Waals surface area (Å²) in [4.78, 5) is 27.6. The Kier molecular flexibility index (Phi) is 4.51. The van der Waals surface area contributed by atoms with E-state index in [-0.39, 0.29) is 11.8 Å². The fraction of sp³-hybridized carbons (Fsp3) is 0.471. The highest BCUT2D eigenvalue weighted by Crippen LogP contribution is 2.32. The molecule has 1 aromatic carbocycles. The van der Waals surface area contributed by atoms with E-state index in [2.05, 4.69) is 6.07 Å². The van der Waals surface area contributed by atoms with Crippen molar-refractivity contribution in [2.75, 3.05) is 20.1 Å². The Morgan fingerprint density at radius 3 is 2.77 bits per heavy atom. The summed E-state index contributed by atoms with van der Waals surface area (Å²) in [6, 6.07) is 9.37. The predicted octanol–water partition coefficient (Wildman–Crippen LogP) is 1.78. The summed E-state index contributed by atoms with van der Waals surface area (Å²) >= 11 is 0. The molecule has 1 aliphatic heterocycles. The number of benzene rings is 1. The minimum atomic E-state index is -0.521. The van der Waals surface area contributed by atoms with E-state index in [0.29, 0.717) is 31.6 Å². The molecule has 0 bridgehead atoms. The molecule has 0 N–H and O–H groups in total. The lowest BCUT2D eigenvalue weighted by Crippen LogP contribution is -2.42. The van der Waals surface area contributed by atoms with Crippen molar-refractivity contribution in [3.8, 4) is 6.07 Å². The van der Waals surface area contributed by atoms with Crippen molar-refractivity contribution >= 4 is 11.8 Å². The molecule has 0 saturated carbocycles. The first-order valence-corrected chi connectivity index (χ1v) is 7.36. The number of nitrogens with zero attached hydrogens (tertiary/aromatic N) is 3. The van der Waals surface area contributed by atoms with E-state index < -0.39 is 5.41 Å². The zero-order chi connectivity index (χ0) is 16.3. The second-order valence-corrected chi connectivity index (χ2v) is 6.22. The molecule has 116 valence electrons. The lowest BCUT2D eigenvalue weighted by Gasteiger charge is -2.29. The monoisotopic (exact) mass is 299 g/mol. The van der Waals surface area contributed by atoms with Crippen LogP contribution in [-0.2, 0) is 16.1 Å². The number of carbonyl (C=O) groups excluding carboxylic acids is 2. The number of nitriles is 1. The number of carbonyl (C=O) groups is 2. The standard InChI is InChI=1S/C17H21N3O2/c1-13(21)20-8-7-17(2,12-20)16(22)19(3)11-15-6-4-5-14(9-15)10-18/h4-6,9H,7-8,11-12H2,1-3H3. The van der Waals surface area contributed by atoms with Crippen molar-refractivity contribution in [3.05, 3.63) is 35.4 Å². The molecule has 1 atom stereocenters. The third kappa shape index (κ3) is 3.28. The molecule has 1 aromatic rings. The van der Waals surface area contributed by atoms with Gasteiger partial charge >= 0.3 is 0 Å². The molecule has 1 fully saturated rings. The normalized spacial score (nSPS) is 20.5. The average molecular weight is 299 g/mol. The van der Waals surface area contributed by atoms with E-state index in [4.69, 9.17) is 5.26 Å². The fourth-order valence-corrected chi connectivity index (χ4v) is 2.95. The number of amides is 2. The highest BCUT2D eigenvalue weighted by atomic mass is 16.2.